The zero-order valence-electron chi connectivity index (χ0n) is 34.5. The van der Waals surface area contributed by atoms with Gasteiger partial charge in [-0.2, -0.15) is 0 Å². The number of nitrogens with one attached hydrogen (secondary N) is 1. The molecule has 1 aliphatic carbocycles. The maximum atomic E-state index is 14.8. The molecule has 0 saturated carbocycles. The number of nitrogens with zero attached hydrogens (tertiary/aromatic N) is 2. The van der Waals surface area contributed by atoms with Crippen LogP contribution in [0.25, 0.3) is 11.3 Å². The Hall–Kier alpha value is -5.83. The Labute approximate surface area is 345 Å². The van der Waals surface area contributed by atoms with Gasteiger partial charge in [-0.25, -0.2) is 4.79 Å². The average molecular weight is 822 g/mol. The van der Waals surface area contributed by atoms with E-state index in [1.807, 2.05) is 60.7 Å². The molecule has 1 amide bonds. The maximum absolute atomic E-state index is 14.8. The zero-order chi connectivity index (χ0) is 42.2. The van der Waals surface area contributed by atoms with Crippen LogP contribution in [0.1, 0.15) is 72.2 Å². The molecule has 310 valence electrons. The predicted octanol–water partition coefficient (Wildman–Crippen LogP) is 9.16. The molecule has 1 N–H and O–H groups in total. The van der Waals surface area contributed by atoms with E-state index in [0.29, 0.717) is 23.5 Å². The first kappa shape index (κ1) is 42.8. The molecule has 13 nitrogen and oxygen atoms in total. The van der Waals surface area contributed by atoms with Crippen molar-refractivity contribution in [1.82, 2.24) is 15.6 Å². The number of aromatic nitrogens is 2. The number of hydrogen-bond donors (Lipinski definition) is 1. The summed E-state index contributed by atoms with van der Waals surface area (Å²) in [5.74, 6) is -0.580. The van der Waals surface area contributed by atoms with Crippen molar-refractivity contribution in [1.29, 1.82) is 0 Å². The largest absolute Gasteiger partial charge is 0.488 e. The summed E-state index contributed by atoms with van der Waals surface area (Å²) >= 11 is 0. The van der Waals surface area contributed by atoms with Crippen LogP contribution < -0.4 is 14.8 Å². The Bertz CT molecular complexity index is 2260. The summed E-state index contributed by atoms with van der Waals surface area (Å²) in [7, 11) is -1.43. The van der Waals surface area contributed by atoms with Crippen molar-refractivity contribution >= 4 is 25.7 Å². The number of ketones is 2. The topological polar surface area (TPSA) is 161 Å². The van der Waals surface area contributed by atoms with E-state index in [4.69, 9.17) is 32.7 Å². The van der Waals surface area contributed by atoms with E-state index in [0.717, 1.165) is 17.2 Å². The predicted molar refractivity (Wildman–Crippen MR) is 222 cm³/mol. The summed E-state index contributed by atoms with van der Waals surface area (Å²) in [6.07, 6.45) is 1.58. The number of carbonyl (C=O) groups is 3. The Morgan fingerprint density at radius 1 is 0.881 bits per heavy atom. The quantitative estimate of drug-likeness (QED) is 0.0682. The number of Topliss-reactive ketones (excluding diaryl/α,β-unsaturated/α-hetero) is 1. The average Bonchev–Trinajstić information content (AvgIpc) is 3.84. The molecule has 0 fully saturated rings. The van der Waals surface area contributed by atoms with Crippen molar-refractivity contribution in [3.63, 3.8) is 0 Å². The summed E-state index contributed by atoms with van der Waals surface area (Å²) in [6.45, 7) is 14.0. The standard InChI is InChI=1S/C45H51N3O10Si/c1-44(2,3)56-43(51)46-34-21-22-38(50)45(4,55-29-52-23-24-59(5,6)7)33-19-14-20-36(53-27-30-15-10-8-11-16-30)39(33)37-26-32(47-57-37)25-35(49)40-41(34)58-48-42(40)54-28-31-17-12-9-13-18-31/h8-22,26,34H,23-25,27-29H2,1-7H3,(H,46,51)/b22-21+/t34-,45+/m0/s1. The lowest BCUT2D eigenvalue weighted by molar-refractivity contribution is -0.160. The summed E-state index contributed by atoms with van der Waals surface area (Å²) in [5, 5.41) is 11.2. The molecule has 5 aromatic rings. The van der Waals surface area contributed by atoms with Crippen molar-refractivity contribution in [2.75, 3.05) is 13.4 Å². The number of ether oxygens (including phenoxy) is 5. The first-order valence-corrected chi connectivity index (χ1v) is 23.2. The number of rotatable bonds is 13. The number of hydrogen-bond acceptors (Lipinski definition) is 12. The van der Waals surface area contributed by atoms with Gasteiger partial charge in [0.2, 0.25) is 0 Å². The van der Waals surface area contributed by atoms with Crippen LogP contribution in [-0.2, 0) is 44.2 Å². The van der Waals surface area contributed by atoms with Crippen molar-refractivity contribution in [3.05, 3.63) is 131 Å². The van der Waals surface area contributed by atoms with Gasteiger partial charge in [0.15, 0.2) is 28.7 Å². The van der Waals surface area contributed by atoms with Gasteiger partial charge in [0.05, 0.1) is 17.7 Å². The number of alkyl carbamates (subject to hydrolysis) is 1. The van der Waals surface area contributed by atoms with Gasteiger partial charge in [-0.3, -0.25) is 9.59 Å². The van der Waals surface area contributed by atoms with Gasteiger partial charge in [0.25, 0.3) is 5.88 Å². The molecule has 0 unspecified atom stereocenters. The second kappa shape index (κ2) is 18.4. The fourth-order valence-corrected chi connectivity index (χ4v) is 7.00. The minimum absolute atomic E-state index is 0.0530. The van der Waals surface area contributed by atoms with E-state index in [9.17, 15) is 14.4 Å². The van der Waals surface area contributed by atoms with Crippen LogP contribution >= 0.6 is 0 Å². The fraction of sp³-hybridized carbons (Fsp3) is 0.356. The Morgan fingerprint density at radius 3 is 2.22 bits per heavy atom. The van der Waals surface area contributed by atoms with E-state index in [2.05, 4.69) is 35.3 Å². The fourth-order valence-electron chi connectivity index (χ4n) is 6.24. The van der Waals surface area contributed by atoms with Crippen molar-refractivity contribution in [3.8, 4) is 23.0 Å². The van der Waals surface area contributed by atoms with Gasteiger partial charge in [-0.15, -0.1) is 0 Å². The monoisotopic (exact) mass is 821 g/mol. The number of carbonyl (C=O) groups excluding carboxylic acids is 3. The molecule has 0 saturated heterocycles. The van der Waals surface area contributed by atoms with Crippen molar-refractivity contribution in [2.24, 2.45) is 0 Å². The van der Waals surface area contributed by atoms with Gasteiger partial charge >= 0.3 is 6.09 Å². The number of fused-ring (bicyclic) bond motifs is 5. The lowest BCUT2D eigenvalue weighted by Gasteiger charge is -2.30. The second-order valence-corrected chi connectivity index (χ2v) is 22.2. The van der Waals surface area contributed by atoms with Crippen LogP contribution in [0.4, 0.5) is 4.79 Å². The molecule has 2 bridgehead atoms. The summed E-state index contributed by atoms with van der Waals surface area (Å²) in [4.78, 5) is 42.5. The SMILES string of the molecule is CC(C)(C)OC(=O)N[C@H]1/C=C/C(=O)[C@](C)(OCOCC[Si](C)(C)C)c2cccc(OCc3ccccc3)c2-c2cc(no2)CC(=O)c2c(OCc3ccccc3)noc21. The van der Waals surface area contributed by atoms with E-state index in [-0.39, 0.29) is 55.1 Å². The second-order valence-electron chi connectivity index (χ2n) is 16.6. The van der Waals surface area contributed by atoms with E-state index < -0.39 is 43.0 Å². The number of amides is 1. The van der Waals surface area contributed by atoms with E-state index in [1.165, 1.54) is 12.2 Å². The van der Waals surface area contributed by atoms with Gasteiger partial charge in [0.1, 0.15) is 43.0 Å². The first-order valence-electron chi connectivity index (χ1n) is 19.5. The highest BCUT2D eigenvalue weighted by molar-refractivity contribution is 6.76. The highest BCUT2D eigenvalue weighted by atomic mass is 28.3. The number of benzene rings is 3. The molecule has 59 heavy (non-hydrogen) atoms. The lowest BCUT2D eigenvalue weighted by Crippen LogP contribution is -2.37. The molecule has 14 heteroatoms. The first-order chi connectivity index (χ1) is 28.1. The molecule has 0 radical (unpaired) electrons. The van der Waals surface area contributed by atoms with Crippen molar-refractivity contribution < 1.29 is 47.1 Å². The molecule has 2 heterocycles. The molecule has 2 aromatic heterocycles. The van der Waals surface area contributed by atoms with Crippen LogP contribution in [0.2, 0.25) is 25.7 Å². The van der Waals surface area contributed by atoms with Crippen LogP contribution in [0.5, 0.6) is 11.6 Å². The smallest absolute Gasteiger partial charge is 0.408 e. The zero-order valence-corrected chi connectivity index (χ0v) is 35.5. The van der Waals surface area contributed by atoms with E-state index >= 15 is 0 Å². The third kappa shape index (κ3) is 11.2. The lowest BCUT2D eigenvalue weighted by atomic mass is 9.85. The van der Waals surface area contributed by atoms with Crippen LogP contribution in [0.15, 0.2) is 106 Å². The van der Waals surface area contributed by atoms with Crippen LogP contribution in [-0.4, -0.2) is 55.0 Å². The molecule has 1 aliphatic rings. The summed E-state index contributed by atoms with van der Waals surface area (Å²) in [6, 6.07) is 25.5. The molecule has 0 spiro atoms. The highest BCUT2D eigenvalue weighted by Gasteiger charge is 2.40. The van der Waals surface area contributed by atoms with Crippen molar-refractivity contribution in [2.45, 2.75) is 90.3 Å². The Morgan fingerprint density at radius 2 is 1.56 bits per heavy atom. The maximum Gasteiger partial charge on any atom is 0.408 e. The molecule has 2 atom stereocenters. The summed E-state index contributed by atoms with van der Waals surface area (Å²) < 4.78 is 42.2. The third-order valence-electron chi connectivity index (χ3n) is 9.40. The Kier molecular flexibility index (Phi) is 13.3. The normalized spacial score (nSPS) is 17.6. The molecule has 3 aromatic carbocycles. The van der Waals surface area contributed by atoms with Gasteiger partial charge < -0.3 is 38.0 Å². The van der Waals surface area contributed by atoms with Gasteiger partial charge in [-0.05, 0) is 62.2 Å². The van der Waals surface area contributed by atoms with Gasteiger partial charge in [0, 0.05) is 26.3 Å². The molecule has 0 aliphatic heterocycles. The molecular formula is C45H51N3O10Si. The Balaban J connectivity index is 1.47. The van der Waals surface area contributed by atoms with Gasteiger partial charge in [-0.1, -0.05) is 104 Å². The minimum atomic E-state index is -1.71. The highest BCUT2D eigenvalue weighted by Crippen LogP contribution is 2.42. The summed E-state index contributed by atoms with van der Waals surface area (Å²) in [5.41, 5.74) is 0.165. The van der Waals surface area contributed by atoms with E-state index in [1.54, 1.807) is 52.0 Å². The minimum Gasteiger partial charge on any atom is -0.488 e. The third-order valence-corrected chi connectivity index (χ3v) is 11.1. The van der Waals surface area contributed by atoms with Crippen LogP contribution in [0, 0.1) is 0 Å². The molecule has 6 rings (SSSR count). The molecular weight excluding hydrogens is 771 g/mol. The van der Waals surface area contributed by atoms with Crippen LogP contribution in [0.3, 0.4) is 0 Å².